The molecule has 3 aromatic rings. The van der Waals surface area contributed by atoms with Crippen molar-refractivity contribution in [3.63, 3.8) is 0 Å². The van der Waals surface area contributed by atoms with Gasteiger partial charge in [-0.2, -0.15) is 14.0 Å². The molecule has 0 fully saturated rings. The second-order valence-corrected chi connectivity index (χ2v) is 6.86. The fraction of sp³-hybridized carbons (Fsp3) is 0.174. The van der Waals surface area contributed by atoms with Crippen molar-refractivity contribution >= 4 is 0 Å². The van der Waals surface area contributed by atoms with E-state index in [2.05, 4.69) is 4.74 Å². The maximum absolute atomic E-state index is 15.0. The van der Waals surface area contributed by atoms with Crippen molar-refractivity contribution in [2.24, 2.45) is 0 Å². The summed E-state index contributed by atoms with van der Waals surface area (Å²) in [5.41, 5.74) is -2.92. The lowest BCUT2D eigenvalue weighted by Crippen LogP contribution is -2.25. The molecule has 3 nitrogen and oxygen atoms in total. The molecule has 3 aromatic carbocycles. The van der Waals surface area contributed by atoms with E-state index in [0.717, 1.165) is 12.0 Å². The van der Waals surface area contributed by atoms with Gasteiger partial charge in [-0.05, 0) is 17.5 Å². The lowest BCUT2D eigenvalue weighted by Gasteiger charge is -2.21. The fourth-order valence-electron chi connectivity index (χ4n) is 3.17. The zero-order valence-electron chi connectivity index (χ0n) is 16.5. The standard InChI is InChI=1S/C23H14F6NO2/c1-2-3-12-4-6-13(7-5-12)20-19(31)10-18(26)21(22(20)27)23(28,29)32-14-8-16(24)15(11-30)17(25)9-14/h4-10H,2-3H2,1H3. The van der Waals surface area contributed by atoms with Crippen LogP contribution in [0.2, 0.25) is 0 Å². The van der Waals surface area contributed by atoms with Gasteiger partial charge in [-0.1, -0.05) is 37.6 Å². The van der Waals surface area contributed by atoms with Crippen LogP contribution in [0, 0.1) is 34.6 Å². The van der Waals surface area contributed by atoms with Crippen LogP contribution in [-0.2, 0) is 17.6 Å². The minimum atomic E-state index is -4.74. The third-order valence-electron chi connectivity index (χ3n) is 4.63. The smallest absolute Gasteiger partial charge is 0.429 e. The van der Waals surface area contributed by atoms with Crippen molar-refractivity contribution in [2.45, 2.75) is 25.9 Å². The van der Waals surface area contributed by atoms with Gasteiger partial charge in [0.15, 0.2) is 11.6 Å². The van der Waals surface area contributed by atoms with Crippen molar-refractivity contribution in [3.05, 3.63) is 82.4 Å². The molecule has 0 amide bonds. The Morgan fingerprint density at radius 3 is 2.09 bits per heavy atom. The molecule has 0 saturated heterocycles. The molecule has 0 N–H and O–H groups in total. The average molecular weight is 450 g/mol. The molecule has 0 aliphatic heterocycles. The first kappa shape index (κ1) is 23.0. The van der Waals surface area contributed by atoms with Gasteiger partial charge in [0, 0.05) is 18.2 Å². The lowest BCUT2D eigenvalue weighted by atomic mass is 9.98. The van der Waals surface area contributed by atoms with E-state index in [4.69, 9.17) is 5.26 Å². The summed E-state index contributed by atoms with van der Waals surface area (Å²) >= 11 is 0. The number of nitrogens with zero attached hydrogens (tertiary/aromatic N) is 1. The zero-order chi connectivity index (χ0) is 23.6. The van der Waals surface area contributed by atoms with E-state index in [1.165, 1.54) is 18.2 Å². The van der Waals surface area contributed by atoms with Crippen LogP contribution < -0.4 is 4.74 Å². The quantitative estimate of drug-likeness (QED) is 0.380. The van der Waals surface area contributed by atoms with Crippen molar-refractivity contribution in [3.8, 4) is 28.7 Å². The van der Waals surface area contributed by atoms with Gasteiger partial charge in [0.25, 0.3) is 0 Å². The normalized spacial score (nSPS) is 11.3. The number of ether oxygens (including phenoxy) is 1. The predicted molar refractivity (Wildman–Crippen MR) is 102 cm³/mol. The molecular weight excluding hydrogens is 436 g/mol. The van der Waals surface area contributed by atoms with Gasteiger partial charge < -0.3 is 4.74 Å². The van der Waals surface area contributed by atoms with E-state index in [9.17, 15) is 27.1 Å². The number of alkyl halides is 2. The highest BCUT2D eigenvalue weighted by Gasteiger charge is 2.43. The van der Waals surface area contributed by atoms with Crippen LogP contribution in [0.3, 0.4) is 0 Å². The van der Waals surface area contributed by atoms with Crippen LogP contribution >= 0.6 is 0 Å². The SMILES string of the molecule is CCCc1ccc(-c2c([O])cc(F)c(C(F)(F)Oc3cc(F)c(C#N)c(F)c3)c2F)cc1. The summed E-state index contributed by atoms with van der Waals surface area (Å²) in [4.78, 5) is 0. The first-order valence-corrected chi connectivity index (χ1v) is 9.33. The summed E-state index contributed by atoms with van der Waals surface area (Å²) in [6.45, 7) is 1.93. The number of rotatable bonds is 6. The summed E-state index contributed by atoms with van der Waals surface area (Å²) in [6.07, 6.45) is -3.22. The third kappa shape index (κ3) is 4.35. The van der Waals surface area contributed by atoms with Gasteiger partial charge >= 0.3 is 6.11 Å². The molecule has 0 unspecified atom stereocenters. The second kappa shape index (κ2) is 8.83. The molecule has 165 valence electrons. The minimum Gasteiger partial charge on any atom is -0.429 e. The summed E-state index contributed by atoms with van der Waals surface area (Å²) in [7, 11) is 0. The van der Waals surface area contributed by atoms with Gasteiger partial charge in [0.05, 0.1) is 5.56 Å². The molecule has 9 heteroatoms. The van der Waals surface area contributed by atoms with Crippen LogP contribution in [0.25, 0.3) is 11.1 Å². The highest BCUT2D eigenvalue weighted by molar-refractivity contribution is 5.72. The van der Waals surface area contributed by atoms with Crippen LogP contribution in [0.4, 0.5) is 26.3 Å². The lowest BCUT2D eigenvalue weighted by molar-refractivity contribution is -0.189. The molecule has 0 aliphatic rings. The van der Waals surface area contributed by atoms with Gasteiger partial charge in [0.1, 0.15) is 40.4 Å². The first-order chi connectivity index (χ1) is 15.1. The Labute approximate surface area is 179 Å². The summed E-state index contributed by atoms with van der Waals surface area (Å²) in [5.74, 6) is -9.03. The first-order valence-electron chi connectivity index (χ1n) is 9.33. The highest BCUT2D eigenvalue weighted by atomic mass is 19.3. The van der Waals surface area contributed by atoms with Crippen LogP contribution in [0.5, 0.6) is 11.5 Å². The van der Waals surface area contributed by atoms with Crippen LogP contribution in [-0.4, -0.2) is 0 Å². The van der Waals surface area contributed by atoms with Crippen LogP contribution in [0.1, 0.15) is 30.0 Å². The zero-order valence-corrected chi connectivity index (χ0v) is 16.5. The third-order valence-corrected chi connectivity index (χ3v) is 4.63. The van der Waals surface area contributed by atoms with E-state index in [0.29, 0.717) is 6.42 Å². The molecule has 1 radical (unpaired) electrons. The summed E-state index contributed by atoms with van der Waals surface area (Å²) < 4.78 is 90.2. The Balaban J connectivity index is 2.07. The van der Waals surface area contributed by atoms with Gasteiger partial charge in [-0.15, -0.1) is 0 Å². The molecule has 0 aliphatic carbocycles. The van der Waals surface area contributed by atoms with E-state index in [1.54, 1.807) is 12.1 Å². The van der Waals surface area contributed by atoms with Crippen molar-refractivity contribution < 1.29 is 36.2 Å². The summed E-state index contributed by atoms with van der Waals surface area (Å²) in [6, 6.07) is 7.79. The minimum absolute atomic E-state index is 0.0557. The Bertz CT molecular complexity index is 1180. The summed E-state index contributed by atoms with van der Waals surface area (Å²) in [5, 5.41) is 20.8. The number of benzene rings is 3. The molecule has 3 rings (SSSR count). The number of halogens is 6. The monoisotopic (exact) mass is 450 g/mol. The second-order valence-electron chi connectivity index (χ2n) is 6.86. The van der Waals surface area contributed by atoms with E-state index < -0.39 is 57.6 Å². The van der Waals surface area contributed by atoms with E-state index in [1.807, 2.05) is 6.92 Å². The van der Waals surface area contributed by atoms with Crippen molar-refractivity contribution in [2.75, 3.05) is 0 Å². The highest BCUT2D eigenvalue weighted by Crippen LogP contribution is 2.42. The van der Waals surface area contributed by atoms with Crippen LogP contribution in [0.15, 0.2) is 42.5 Å². The van der Waals surface area contributed by atoms with Gasteiger partial charge in [-0.3, -0.25) is 5.11 Å². The molecule has 0 spiro atoms. The van der Waals surface area contributed by atoms with E-state index >= 15 is 4.39 Å². The average Bonchev–Trinajstić information content (AvgIpc) is 2.68. The van der Waals surface area contributed by atoms with E-state index in [-0.39, 0.29) is 23.8 Å². The van der Waals surface area contributed by atoms with Crippen molar-refractivity contribution in [1.82, 2.24) is 0 Å². The predicted octanol–water partition coefficient (Wildman–Crippen LogP) is 7.01. The largest absolute Gasteiger partial charge is 0.432 e. The molecule has 0 atom stereocenters. The Hall–Kier alpha value is -3.67. The van der Waals surface area contributed by atoms with Gasteiger partial charge in [0.2, 0.25) is 0 Å². The Morgan fingerprint density at radius 1 is 0.969 bits per heavy atom. The topological polar surface area (TPSA) is 52.9 Å². The molecule has 0 heterocycles. The number of hydrogen-bond donors (Lipinski definition) is 0. The number of hydrogen-bond acceptors (Lipinski definition) is 2. The molecule has 32 heavy (non-hydrogen) atoms. The fourth-order valence-corrected chi connectivity index (χ4v) is 3.17. The maximum Gasteiger partial charge on any atom is 0.432 e. The molecule has 0 saturated carbocycles. The Kier molecular flexibility index (Phi) is 6.35. The number of nitriles is 1. The van der Waals surface area contributed by atoms with Gasteiger partial charge in [-0.25, -0.2) is 17.6 Å². The Morgan fingerprint density at radius 2 is 1.56 bits per heavy atom. The maximum atomic E-state index is 15.0. The molecule has 0 bridgehead atoms. The molecule has 0 aromatic heterocycles. The number of aryl methyl sites for hydroxylation is 1. The van der Waals surface area contributed by atoms with Crippen molar-refractivity contribution in [1.29, 1.82) is 5.26 Å². The molecular formula is C23H14F6NO2.